The van der Waals surface area contributed by atoms with Gasteiger partial charge in [0.25, 0.3) is 0 Å². The van der Waals surface area contributed by atoms with Gasteiger partial charge in [0.05, 0.1) is 0 Å². The summed E-state index contributed by atoms with van der Waals surface area (Å²) in [7, 11) is 7.96. The molecule has 0 aliphatic rings. The molecule has 0 heterocycles. The summed E-state index contributed by atoms with van der Waals surface area (Å²) in [5, 5.41) is 0. The van der Waals surface area contributed by atoms with Crippen molar-refractivity contribution in [3.8, 4) is 0 Å². The molecule has 0 rings (SSSR count). The SMILES string of the molecule is CCSSCCCSSCC. The highest BCUT2D eigenvalue weighted by Crippen LogP contribution is 2.25. The Bertz CT molecular complexity index is 59.5. The molecule has 0 amide bonds. The largest absolute Gasteiger partial charge is 0.0944 e. The van der Waals surface area contributed by atoms with Crippen LogP contribution in [0, 0.1) is 0 Å². The molecule has 0 aromatic rings. The van der Waals surface area contributed by atoms with Crippen LogP contribution in [-0.4, -0.2) is 23.0 Å². The van der Waals surface area contributed by atoms with Crippen molar-refractivity contribution >= 4 is 43.2 Å². The Morgan fingerprint density at radius 2 is 1.18 bits per heavy atom. The van der Waals surface area contributed by atoms with E-state index in [-0.39, 0.29) is 0 Å². The molecule has 0 aliphatic heterocycles. The predicted octanol–water partition coefficient (Wildman–Crippen LogP) is 4.18. The Hall–Kier alpha value is 1.40. The summed E-state index contributed by atoms with van der Waals surface area (Å²) in [4.78, 5) is 0. The monoisotopic (exact) mass is 228 g/mol. The third kappa shape index (κ3) is 11.4. The summed E-state index contributed by atoms with van der Waals surface area (Å²) in [5.41, 5.74) is 0. The zero-order valence-corrected chi connectivity index (χ0v) is 10.4. The number of hydrogen-bond donors (Lipinski definition) is 0. The average Bonchev–Trinajstić information content (AvgIpc) is 2.03. The second kappa shape index (κ2) is 11.4. The van der Waals surface area contributed by atoms with Gasteiger partial charge < -0.3 is 0 Å². The first-order valence-electron chi connectivity index (χ1n) is 3.90. The Morgan fingerprint density at radius 1 is 0.727 bits per heavy atom. The highest BCUT2D eigenvalue weighted by molar-refractivity contribution is 8.77. The summed E-state index contributed by atoms with van der Waals surface area (Å²) in [6.45, 7) is 4.42. The van der Waals surface area contributed by atoms with Crippen LogP contribution in [0.25, 0.3) is 0 Å². The van der Waals surface area contributed by atoms with Gasteiger partial charge >= 0.3 is 0 Å². The maximum atomic E-state index is 2.21. The number of hydrogen-bond acceptors (Lipinski definition) is 4. The van der Waals surface area contributed by atoms with Crippen LogP contribution in [0.2, 0.25) is 0 Å². The van der Waals surface area contributed by atoms with E-state index in [4.69, 9.17) is 0 Å². The number of rotatable bonds is 8. The van der Waals surface area contributed by atoms with Crippen molar-refractivity contribution in [3.63, 3.8) is 0 Å². The highest BCUT2D eigenvalue weighted by Gasteiger charge is 1.90. The van der Waals surface area contributed by atoms with Crippen LogP contribution < -0.4 is 0 Å². The van der Waals surface area contributed by atoms with Crippen molar-refractivity contribution in [1.82, 2.24) is 0 Å². The van der Waals surface area contributed by atoms with Crippen LogP contribution >= 0.6 is 43.2 Å². The molecule has 0 radical (unpaired) electrons. The van der Waals surface area contributed by atoms with Gasteiger partial charge in [-0.15, -0.1) is 0 Å². The third-order valence-electron chi connectivity index (χ3n) is 0.858. The lowest BCUT2D eigenvalue weighted by Crippen LogP contribution is -1.79. The highest BCUT2D eigenvalue weighted by atomic mass is 33.1. The maximum Gasteiger partial charge on any atom is 0.00450 e. The normalized spacial score (nSPS) is 10.4. The van der Waals surface area contributed by atoms with E-state index in [1.165, 1.54) is 29.4 Å². The van der Waals surface area contributed by atoms with Gasteiger partial charge in [-0.2, -0.15) is 0 Å². The fraction of sp³-hybridized carbons (Fsp3) is 1.00. The molecule has 0 N–H and O–H groups in total. The second-order valence-corrected chi connectivity index (χ2v) is 7.55. The van der Waals surface area contributed by atoms with E-state index in [0.717, 1.165) is 0 Å². The van der Waals surface area contributed by atoms with Gasteiger partial charge in [0.2, 0.25) is 0 Å². The van der Waals surface area contributed by atoms with E-state index in [0.29, 0.717) is 0 Å². The first-order chi connectivity index (χ1) is 5.41. The minimum atomic E-state index is 1.24. The van der Waals surface area contributed by atoms with Crippen LogP contribution in [0.5, 0.6) is 0 Å². The van der Waals surface area contributed by atoms with Gasteiger partial charge in [0.15, 0.2) is 0 Å². The topological polar surface area (TPSA) is 0 Å². The van der Waals surface area contributed by atoms with E-state index >= 15 is 0 Å². The summed E-state index contributed by atoms with van der Waals surface area (Å²) in [5.74, 6) is 5.11. The lowest BCUT2D eigenvalue weighted by Gasteiger charge is -1.98. The van der Waals surface area contributed by atoms with E-state index < -0.39 is 0 Å². The molecule has 0 aromatic heterocycles. The minimum Gasteiger partial charge on any atom is -0.0944 e. The molecule has 0 aliphatic carbocycles. The smallest absolute Gasteiger partial charge is 0.00450 e. The Morgan fingerprint density at radius 3 is 1.55 bits per heavy atom. The third-order valence-corrected chi connectivity index (χ3v) is 5.99. The molecule has 0 atom stereocenters. The van der Waals surface area contributed by atoms with Crippen molar-refractivity contribution in [3.05, 3.63) is 0 Å². The van der Waals surface area contributed by atoms with Gasteiger partial charge in [-0.1, -0.05) is 57.0 Å². The summed E-state index contributed by atoms with van der Waals surface area (Å²) in [6, 6.07) is 0. The van der Waals surface area contributed by atoms with E-state index in [2.05, 4.69) is 13.8 Å². The Balaban J connectivity index is 2.69. The van der Waals surface area contributed by atoms with E-state index in [1.807, 2.05) is 43.2 Å². The molecule has 11 heavy (non-hydrogen) atoms. The molecule has 0 saturated carbocycles. The molecule has 0 nitrogen and oxygen atoms in total. The van der Waals surface area contributed by atoms with Gasteiger partial charge in [0.1, 0.15) is 0 Å². The quantitative estimate of drug-likeness (QED) is 0.451. The fourth-order valence-corrected chi connectivity index (χ4v) is 4.15. The van der Waals surface area contributed by atoms with Gasteiger partial charge in [-0.25, -0.2) is 0 Å². The molecule has 68 valence electrons. The summed E-state index contributed by atoms with van der Waals surface area (Å²) < 4.78 is 0. The molecular formula is C7H16S4. The van der Waals surface area contributed by atoms with Crippen LogP contribution in [-0.2, 0) is 0 Å². The van der Waals surface area contributed by atoms with Crippen molar-refractivity contribution < 1.29 is 0 Å². The maximum absolute atomic E-state index is 2.21. The predicted molar refractivity (Wildman–Crippen MR) is 65.8 cm³/mol. The molecule has 0 bridgehead atoms. The standard InChI is InChI=1S/C7H16S4/c1-3-8-10-6-5-7-11-9-4-2/h3-7H2,1-2H3. The van der Waals surface area contributed by atoms with Gasteiger partial charge in [-0.05, 0) is 6.42 Å². The molecule has 0 spiro atoms. The Labute approximate surface area is 86.2 Å². The molecule has 0 aromatic carbocycles. The molecular weight excluding hydrogens is 212 g/mol. The van der Waals surface area contributed by atoms with Crippen LogP contribution in [0.1, 0.15) is 20.3 Å². The van der Waals surface area contributed by atoms with Crippen molar-refractivity contribution in [2.45, 2.75) is 20.3 Å². The summed E-state index contributed by atoms with van der Waals surface area (Å²) >= 11 is 0. The average molecular weight is 228 g/mol. The second-order valence-electron chi connectivity index (χ2n) is 1.81. The molecule has 0 saturated heterocycles. The fourth-order valence-electron chi connectivity index (χ4n) is 0.461. The van der Waals surface area contributed by atoms with Crippen molar-refractivity contribution in [2.24, 2.45) is 0 Å². The lowest BCUT2D eigenvalue weighted by molar-refractivity contribution is 1.13. The van der Waals surface area contributed by atoms with Crippen LogP contribution in [0.15, 0.2) is 0 Å². The van der Waals surface area contributed by atoms with Crippen molar-refractivity contribution in [2.75, 3.05) is 23.0 Å². The Kier molecular flexibility index (Phi) is 12.9. The van der Waals surface area contributed by atoms with Crippen molar-refractivity contribution in [1.29, 1.82) is 0 Å². The molecule has 4 heteroatoms. The van der Waals surface area contributed by atoms with E-state index in [9.17, 15) is 0 Å². The zero-order valence-electron chi connectivity index (χ0n) is 7.17. The van der Waals surface area contributed by atoms with Gasteiger partial charge in [0, 0.05) is 23.0 Å². The summed E-state index contributed by atoms with van der Waals surface area (Å²) in [6.07, 6.45) is 1.36. The molecule has 0 fully saturated rings. The first-order valence-corrected chi connectivity index (χ1v) is 8.88. The zero-order chi connectivity index (χ0) is 8.36. The van der Waals surface area contributed by atoms with E-state index in [1.54, 1.807) is 0 Å². The van der Waals surface area contributed by atoms with Crippen LogP contribution in [0.4, 0.5) is 0 Å². The van der Waals surface area contributed by atoms with Crippen LogP contribution in [0.3, 0.4) is 0 Å². The lowest BCUT2D eigenvalue weighted by atomic mass is 10.6. The first kappa shape index (κ1) is 12.4. The molecule has 0 unspecified atom stereocenters. The van der Waals surface area contributed by atoms with Gasteiger partial charge in [-0.3, -0.25) is 0 Å². The minimum absolute atomic E-state index is 1.24.